The van der Waals surface area contributed by atoms with Crippen LogP contribution in [0.1, 0.15) is 5.56 Å². The zero-order valence-electron chi connectivity index (χ0n) is 10.6. The molecule has 1 heterocycles. The van der Waals surface area contributed by atoms with Gasteiger partial charge in [0.1, 0.15) is 17.1 Å². The molecule has 0 radical (unpaired) electrons. The molecule has 0 spiro atoms. The number of nitrogens with zero attached hydrogens (tertiary/aromatic N) is 2. The summed E-state index contributed by atoms with van der Waals surface area (Å²) in [6.07, 6.45) is -5.19. The molecular weight excluding hydrogens is 327 g/mol. The van der Waals surface area contributed by atoms with Gasteiger partial charge in [-0.15, -0.1) is 0 Å². The predicted octanol–water partition coefficient (Wildman–Crippen LogP) is 3.40. The third-order valence-electron chi connectivity index (χ3n) is 2.29. The Morgan fingerprint density at radius 1 is 1.18 bits per heavy atom. The van der Waals surface area contributed by atoms with Gasteiger partial charge in [-0.2, -0.15) is 18.2 Å². The van der Waals surface area contributed by atoms with Crippen LogP contribution in [0.15, 0.2) is 30.5 Å². The van der Waals surface area contributed by atoms with E-state index in [4.69, 9.17) is 22.1 Å². The molecule has 116 valence electrons. The van der Waals surface area contributed by atoms with E-state index in [0.717, 1.165) is 0 Å². The van der Waals surface area contributed by atoms with Crippen molar-refractivity contribution in [3.63, 3.8) is 0 Å². The molecule has 0 aliphatic carbocycles. The van der Waals surface area contributed by atoms with E-state index in [0.29, 0.717) is 6.20 Å². The normalized spacial score (nSPS) is 11.1. The first-order chi connectivity index (χ1) is 10.3. The summed E-state index contributed by atoms with van der Waals surface area (Å²) >= 11 is 5.47. The third kappa shape index (κ3) is 3.98. The first-order valence-electron chi connectivity index (χ1n) is 5.60. The van der Waals surface area contributed by atoms with Crippen LogP contribution >= 0.6 is 11.6 Å². The highest BCUT2D eigenvalue weighted by Gasteiger charge is 2.36. The van der Waals surface area contributed by atoms with Gasteiger partial charge in [0.15, 0.2) is 0 Å². The minimum absolute atomic E-state index is 0.0251. The van der Waals surface area contributed by atoms with Gasteiger partial charge in [0.25, 0.3) is 0 Å². The van der Waals surface area contributed by atoms with Gasteiger partial charge in [-0.25, -0.2) is 9.78 Å². The molecule has 2 aromatic rings. The quantitative estimate of drug-likeness (QED) is 0.870. The van der Waals surface area contributed by atoms with E-state index < -0.39 is 29.0 Å². The maximum absolute atomic E-state index is 12.8. The molecule has 6 nitrogen and oxygen atoms in total. The third-order valence-corrected chi connectivity index (χ3v) is 2.47. The van der Waals surface area contributed by atoms with Crippen LogP contribution in [0.5, 0.6) is 17.4 Å². The summed E-state index contributed by atoms with van der Waals surface area (Å²) in [5.41, 5.74) is 3.65. The number of rotatable bonds is 3. The number of ether oxygens (including phenoxy) is 2. The summed E-state index contributed by atoms with van der Waals surface area (Å²) < 4.78 is 48.1. The zero-order valence-corrected chi connectivity index (χ0v) is 11.4. The number of aromatic nitrogens is 2. The molecule has 0 unspecified atom stereocenters. The Hall–Kier alpha value is -2.55. The van der Waals surface area contributed by atoms with Crippen LogP contribution in [0.25, 0.3) is 0 Å². The molecule has 0 atom stereocenters. The average molecular weight is 334 g/mol. The van der Waals surface area contributed by atoms with Crippen LogP contribution in [-0.4, -0.2) is 16.1 Å². The molecule has 2 N–H and O–H groups in total. The fourth-order valence-electron chi connectivity index (χ4n) is 1.42. The van der Waals surface area contributed by atoms with E-state index in [2.05, 4.69) is 14.7 Å². The molecule has 0 fully saturated rings. The summed E-state index contributed by atoms with van der Waals surface area (Å²) in [5, 5.41) is -0.392. The highest BCUT2D eigenvalue weighted by Crippen LogP contribution is 2.37. The first-order valence-corrected chi connectivity index (χ1v) is 5.98. The fraction of sp³-hybridized carbons (Fsp3) is 0.0833. The lowest BCUT2D eigenvalue weighted by atomic mass is 10.3. The smallest absolute Gasteiger partial charge is 0.423 e. The molecule has 0 saturated heterocycles. The van der Waals surface area contributed by atoms with Gasteiger partial charge < -0.3 is 15.2 Å². The van der Waals surface area contributed by atoms with Crippen molar-refractivity contribution in [1.29, 1.82) is 0 Å². The lowest BCUT2D eigenvalue weighted by Gasteiger charge is -2.12. The number of hydrogen-bond donors (Lipinski definition) is 1. The number of nitrogens with two attached hydrogens (primary N) is 1. The van der Waals surface area contributed by atoms with Gasteiger partial charge >= 0.3 is 12.3 Å². The maximum atomic E-state index is 12.8. The summed E-state index contributed by atoms with van der Waals surface area (Å²) in [7, 11) is 0. The number of hydrogen-bond acceptors (Lipinski definition) is 5. The number of primary amides is 1. The number of carbonyl (C=O) groups excluding carboxylic acids is 1. The Balaban J connectivity index is 2.27. The van der Waals surface area contributed by atoms with Gasteiger partial charge in [-0.1, -0.05) is 0 Å². The Bertz CT molecular complexity index is 692. The van der Waals surface area contributed by atoms with E-state index in [-0.39, 0.29) is 11.5 Å². The van der Waals surface area contributed by atoms with Crippen molar-refractivity contribution in [3.05, 3.63) is 41.3 Å². The molecule has 0 aliphatic rings. The Labute approximate surface area is 126 Å². The molecule has 10 heteroatoms. The highest BCUT2D eigenvalue weighted by atomic mass is 35.5. The minimum atomic E-state index is -4.70. The first kappa shape index (κ1) is 15.8. The second-order valence-corrected chi connectivity index (χ2v) is 4.19. The molecular formula is C12H7ClF3N3O3. The number of benzene rings is 1. The summed E-state index contributed by atoms with van der Waals surface area (Å²) in [6, 6.07) is 5.12. The van der Waals surface area contributed by atoms with Gasteiger partial charge in [-0.05, 0) is 35.9 Å². The number of alkyl halides is 3. The van der Waals surface area contributed by atoms with Crippen LogP contribution in [0.3, 0.4) is 0 Å². The van der Waals surface area contributed by atoms with Crippen LogP contribution in [0, 0.1) is 0 Å². The van der Waals surface area contributed by atoms with Gasteiger partial charge in [0, 0.05) is 6.20 Å². The second-order valence-electron chi connectivity index (χ2n) is 3.85. The SMILES string of the molecule is NC(=O)Oc1ccc(Oc2nc(Cl)ncc2C(F)(F)F)cc1. The van der Waals surface area contributed by atoms with Crippen molar-refractivity contribution in [1.82, 2.24) is 9.97 Å². The Kier molecular flexibility index (Phi) is 4.36. The van der Waals surface area contributed by atoms with Crippen molar-refractivity contribution in [2.24, 2.45) is 5.73 Å². The largest absolute Gasteiger partial charge is 0.438 e. The van der Waals surface area contributed by atoms with E-state index in [1.54, 1.807) is 0 Å². The van der Waals surface area contributed by atoms with E-state index in [1.807, 2.05) is 0 Å². The topological polar surface area (TPSA) is 87.3 Å². The molecule has 1 amide bonds. The van der Waals surface area contributed by atoms with E-state index in [1.165, 1.54) is 24.3 Å². The Morgan fingerprint density at radius 2 is 1.77 bits per heavy atom. The van der Waals surface area contributed by atoms with Gasteiger partial charge in [0.2, 0.25) is 11.2 Å². The molecule has 1 aromatic heterocycles. The van der Waals surface area contributed by atoms with Crippen molar-refractivity contribution in [2.45, 2.75) is 6.18 Å². The summed E-state index contributed by atoms with van der Waals surface area (Å²) in [6.45, 7) is 0. The molecule has 2 rings (SSSR count). The molecule has 1 aromatic carbocycles. The van der Waals surface area contributed by atoms with Crippen LogP contribution < -0.4 is 15.2 Å². The highest BCUT2D eigenvalue weighted by molar-refractivity contribution is 6.28. The zero-order chi connectivity index (χ0) is 16.3. The van der Waals surface area contributed by atoms with Crippen LogP contribution in [0.4, 0.5) is 18.0 Å². The van der Waals surface area contributed by atoms with Gasteiger partial charge in [-0.3, -0.25) is 0 Å². The molecule has 0 bridgehead atoms. The molecule has 0 saturated carbocycles. The van der Waals surface area contributed by atoms with Crippen molar-refractivity contribution >= 4 is 17.7 Å². The van der Waals surface area contributed by atoms with Crippen LogP contribution in [0.2, 0.25) is 5.28 Å². The summed E-state index contributed by atoms with van der Waals surface area (Å²) in [5.74, 6) is -0.607. The molecule has 0 aliphatic heterocycles. The number of amides is 1. The second kappa shape index (κ2) is 6.06. The van der Waals surface area contributed by atoms with Crippen LogP contribution in [-0.2, 0) is 6.18 Å². The standard InChI is InChI=1S/C12H7ClF3N3O3/c13-10-18-5-8(12(14,15)16)9(19-10)21-6-1-3-7(4-2-6)22-11(17)20/h1-5H,(H2,17,20). The lowest BCUT2D eigenvalue weighted by Crippen LogP contribution is -2.16. The lowest BCUT2D eigenvalue weighted by molar-refractivity contribution is -0.139. The maximum Gasteiger partial charge on any atom is 0.423 e. The minimum Gasteiger partial charge on any atom is -0.438 e. The molecule has 22 heavy (non-hydrogen) atoms. The Morgan fingerprint density at radius 3 is 2.32 bits per heavy atom. The number of carbonyl (C=O) groups is 1. The summed E-state index contributed by atoms with van der Waals surface area (Å²) in [4.78, 5) is 17.2. The van der Waals surface area contributed by atoms with Crippen molar-refractivity contribution in [3.8, 4) is 17.4 Å². The van der Waals surface area contributed by atoms with E-state index in [9.17, 15) is 18.0 Å². The monoisotopic (exact) mass is 333 g/mol. The van der Waals surface area contributed by atoms with Crippen molar-refractivity contribution in [2.75, 3.05) is 0 Å². The average Bonchev–Trinajstić information content (AvgIpc) is 2.39. The van der Waals surface area contributed by atoms with Crippen molar-refractivity contribution < 1.29 is 27.4 Å². The predicted molar refractivity (Wildman–Crippen MR) is 68.8 cm³/mol. The van der Waals surface area contributed by atoms with E-state index >= 15 is 0 Å². The van der Waals surface area contributed by atoms with Gasteiger partial charge in [0.05, 0.1) is 0 Å². The fourth-order valence-corrected chi connectivity index (χ4v) is 1.55. The number of halogens is 4.